The number of thiazole rings is 1. The van der Waals surface area contributed by atoms with E-state index in [1.165, 1.54) is 17.4 Å². The molecule has 0 radical (unpaired) electrons. The summed E-state index contributed by atoms with van der Waals surface area (Å²) in [6.45, 7) is 9.82. The molecule has 0 saturated heterocycles. The van der Waals surface area contributed by atoms with Crippen LogP contribution < -0.4 is 0 Å². The van der Waals surface area contributed by atoms with Gasteiger partial charge >= 0.3 is 0 Å². The molecule has 7 heteroatoms. The zero-order valence-electron chi connectivity index (χ0n) is 12.7. The molecule has 0 N–H and O–H groups in total. The third kappa shape index (κ3) is 3.05. The first-order valence-corrected chi connectivity index (χ1v) is 8.68. The predicted octanol–water partition coefficient (Wildman–Crippen LogP) is 5.44. The molecule has 0 saturated carbocycles. The van der Waals surface area contributed by atoms with Crippen molar-refractivity contribution in [3.63, 3.8) is 0 Å². The van der Waals surface area contributed by atoms with Crippen molar-refractivity contribution in [2.24, 2.45) is 0 Å². The van der Waals surface area contributed by atoms with Crippen molar-refractivity contribution >= 4 is 33.3 Å². The topological polar surface area (TPSA) is 59.1 Å². The molecule has 0 aliphatic heterocycles. The lowest BCUT2D eigenvalue weighted by molar-refractivity contribution is 0.586. The second-order valence-corrected chi connectivity index (χ2v) is 6.65. The molecule has 24 heavy (non-hydrogen) atoms. The Bertz CT molecular complexity index is 981. The minimum atomic E-state index is 0.0379. The van der Waals surface area contributed by atoms with Gasteiger partial charge in [-0.05, 0) is 53.2 Å². The first kappa shape index (κ1) is 16.3. The fourth-order valence-electron chi connectivity index (χ4n) is 2.26. The SMILES string of the molecule is [C-]#[N+]/C(C#N)=C\c1cnc(-c2ccc(-c3ccc(Br)n3CC)o2)s1. The van der Waals surface area contributed by atoms with Crippen molar-refractivity contribution in [3.8, 4) is 28.3 Å². The Kier molecular flexibility index (Phi) is 4.66. The Labute approximate surface area is 151 Å². The van der Waals surface area contributed by atoms with E-state index in [1.54, 1.807) is 6.20 Å². The van der Waals surface area contributed by atoms with Gasteiger partial charge in [0.1, 0.15) is 0 Å². The molecular formula is C17H11BrN4OS. The highest BCUT2D eigenvalue weighted by Crippen LogP contribution is 2.33. The predicted molar refractivity (Wildman–Crippen MR) is 96.8 cm³/mol. The summed E-state index contributed by atoms with van der Waals surface area (Å²) in [5.41, 5.74) is 1.03. The summed E-state index contributed by atoms with van der Waals surface area (Å²) in [7, 11) is 0. The van der Waals surface area contributed by atoms with E-state index in [-0.39, 0.29) is 5.70 Å². The molecule has 0 atom stereocenters. The highest BCUT2D eigenvalue weighted by molar-refractivity contribution is 9.10. The van der Waals surface area contributed by atoms with Crippen molar-refractivity contribution < 1.29 is 4.42 Å². The Morgan fingerprint density at radius 1 is 1.46 bits per heavy atom. The van der Waals surface area contributed by atoms with Gasteiger partial charge in [0, 0.05) is 17.6 Å². The standard InChI is InChI=1S/C17H11BrN4OS/c1-3-22-13(4-7-16(22)18)14-5-6-15(23-14)17-21-10-12(24-17)8-11(9-19)20-2/h4-8,10H,3H2,1H3/b11-8-. The summed E-state index contributed by atoms with van der Waals surface area (Å²) in [6.07, 6.45) is 3.16. The lowest BCUT2D eigenvalue weighted by Crippen LogP contribution is -1.95. The van der Waals surface area contributed by atoms with E-state index < -0.39 is 0 Å². The van der Waals surface area contributed by atoms with E-state index in [1.807, 2.05) is 30.3 Å². The van der Waals surface area contributed by atoms with Gasteiger partial charge in [0.25, 0.3) is 5.70 Å². The minimum Gasteiger partial charge on any atom is -0.452 e. The number of aromatic nitrogens is 2. The molecule has 0 spiro atoms. The average Bonchev–Trinajstić information content (AvgIpc) is 3.31. The monoisotopic (exact) mass is 398 g/mol. The van der Waals surface area contributed by atoms with Gasteiger partial charge in [0.05, 0.1) is 22.9 Å². The number of rotatable bonds is 4. The fraction of sp³-hybridized carbons (Fsp3) is 0.118. The third-order valence-corrected chi connectivity index (χ3v) is 5.00. The molecule has 3 heterocycles. The maximum absolute atomic E-state index is 8.82. The maximum atomic E-state index is 8.82. The molecule has 0 unspecified atom stereocenters. The number of hydrogen-bond acceptors (Lipinski definition) is 4. The Hall–Kier alpha value is -2.61. The molecule has 3 aromatic heterocycles. The molecule has 5 nitrogen and oxygen atoms in total. The van der Waals surface area contributed by atoms with Crippen LogP contribution in [-0.2, 0) is 6.54 Å². The van der Waals surface area contributed by atoms with E-state index in [4.69, 9.17) is 16.3 Å². The van der Waals surface area contributed by atoms with Crippen LogP contribution in [0.5, 0.6) is 0 Å². The summed E-state index contributed by atoms with van der Waals surface area (Å²) in [4.78, 5) is 8.21. The molecule has 0 bridgehead atoms. The Morgan fingerprint density at radius 2 is 2.25 bits per heavy atom. The number of nitriles is 1. The van der Waals surface area contributed by atoms with Crippen molar-refractivity contribution in [2.75, 3.05) is 0 Å². The number of nitrogens with zero attached hydrogens (tertiary/aromatic N) is 4. The number of hydrogen-bond donors (Lipinski definition) is 0. The molecular weight excluding hydrogens is 388 g/mol. The van der Waals surface area contributed by atoms with Crippen molar-refractivity contribution in [2.45, 2.75) is 13.5 Å². The van der Waals surface area contributed by atoms with Gasteiger partial charge < -0.3 is 8.98 Å². The largest absolute Gasteiger partial charge is 0.452 e. The normalized spacial score (nSPS) is 11.2. The van der Waals surface area contributed by atoms with Crippen molar-refractivity contribution in [1.82, 2.24) is 9.55 Å². The minimum absolute atomic E-state index is 0.0379. The first-order valence-electron chi connectivity index (χ1n) is 7.07. The summed E-state index contributed by atoms with van der Waals surface area (Å²) >= 11 is 4.90. The number of halogens is 1. The zero-order chi connectivity index (χ0) is 17.1. The lowest BCUT2D eigenvalue weighted by atomic mass is 10.3. The first-order chi connectivity index (χ1) is 11.7. The van der Waals surface area contributed by atoms with Crippen LogP contribution in [0.25, 0.3) is 33.1 Å². The summed E-state index contributed by atoms with van der Waals surface area (Å²) in [5.74, 6) is 1.43. The maximum Gasteiger partial charge on any atom is 0.263 e. The highest BCUT2D eigenvalue weighted by Gasteiger charge is 2.14. The van der Waals surface area contributed by atoms with E-state index in [0.717, 1.165) is 27.5 Å². The highest BCUT2D eigenvalue weighted by atomic mass is 79.9. The van der Waals surface area contributed by atoms with E-state index in [0.29, 0.717) is 10.8 Å². The molecule has 0 aliphatic rings. The molecule has 3 rings (SSSR count). The average molecular weight is 399 g/mol. The smallest absolute Gasteiger partial charge is 0.263 e. The summed E-state index contributed by atoms with van der Waals surface area (Å²) in [6, 6.07) is 9.63. The van der Waals surface area contributed by atoms with Crippen LogP contribution >= 0.6 is 27.3 Å². The van der Waals surface area contributed by atoms with Crippen molar-refractivity contribution in [3.05, 3.63) is 57.1 Å². The van der Waals surface area contributed by atoms with Gasteiger partial charge in [-0.15, -0.1) is 11.3 Å². The zero-order valence-corrected chi connectivity index (χ0v) is 15.1. The number of allylic oxidation sites excluding steroid dienone is 1. The second-order valence-electron chi connectivity index (χ2n) is 4.77. The third-order valence-electron chi connectivity index (χ3n) is 3.35. The van der Waals surface area contributed by atoms with E-state index in [2.05, 4.69) is 37.2 Å². The van der Waals surface area contributed by atoms with E-state index >= 15 is 0 Å². The van der Waals surface area contributed by atoms with Gasteiger partial charge in [0.2, 0.25) is 0 Å². The molecule has 0 aliphatic carbocycles. The summed E-state index contributed by atoms with van der Waals surface area (Å²) < 4.78 is 9.05. The van der Waals surface area contributed by atoms with Crippen LogP contribution in [-0.4, -0.2) is 9.55 Å². The Morgan fingerprint density at radius 3 is 2.96 bits per heavy atom. The molecule has 0 fully saturated rings. The van der Waals surface area contributed by atoms with Gasteiger partial charge in [-0.25, -0.2) is 15.1 Å². The van der Waals surface area contributed by atoms with Crippen LogP contribution in [0.4, 0.5) is 0 Å². The molecule has 118 valence electrons. The number of furan rings is 1. The van der Waals surface area contributed by atoms with Crippen LogP contribution in [0, 0.1) is 17.9 Å². The molecule has 0 amide bonds. The van der Waals surface area contributed by atoms with Crippen LogP contribution in [0.3, 0.4) is 0 Å². The van der Waals surface area contributed by atoms with Gasteiger partial charge in [0.15, 0.2) is 16.5 Å². The van der Waals surface area contributed by atoms with Gasteiger partial charge in [-0.1, -0.05) is 0 Å². The second kappa shape index (κ2) is 6.88. The van der Waals surface area contributed by atoms with Crippen LogP contribution in [0.15, 0.2) is 45.2 Å². The van der Waals surface area contributed by atoms with Crippen molar-refractivity contribution in [1.29, 1.82) is 5.26 Å². The van der Waals surface area contributed by atoms with Gasteiger partial charge in [-0.2, -0.15) is 0 Å². The molecule has 0 aromatic carbocycles. The molecule has 3 aromatic rings. The lowest BCUT2D eigenvalue weighted by Gasteiger charge is -2.05. The van der Waals surface area contributed by atoms with Gasteiger partial charge in [-0.3, -0.25) is 0 Å². The van der Waals surface area contributed by atoms with E-state index in [9.17, 15) is 0 Å². The Balaban J connectivity index is 1.92. The quantitative estimate of drug-likeness (QED) is 0.434. The van der Waals surface area contributed by atoms with Crippen LogP contribution in [0.2, 0.25) is 0 Å². The fourth-order valence-corrected chi connectivity index (χ4v) is 3.65. The van der Waals surface area contributed by atoms with Crippen LogP contribution in [0.1, 0.15) is 11.8 Å². The summed E-state index contributed by atoms with van der Waals surface area (Å²) in [5, 5.41) is 9.53.